The highest BCUT2D eigenvalue weighted by atomic mass is 16.5. The molecule has 1 rings (SSSR count). The third-order valence-electron chi connectivity index (χ3n) is 5.51. The third-order valence-corrected chi connectivity index (χ3v) is 5.51. The van der Waals surface area contributed by atoms with Crippen molar-refractivity contribution in [2.75, 3.05) is 0 Å². The molecule has 4 heteroatoms. The maximum atomic E-state index is 10.9. The van der Waals surface area contributed by atoms with E-state index < -0.39 is 12.1 Å². The molecule has 1 aromatic rings. The molecular formula is C25H42O4. The Labute approximate surface area is 177 Å². The van der Waals surface area contributed by atoms with Gasteiger partial charge in [-0.1, -0.05) is 108 Å². The first-order valence-electron chi connectivity index (χ1n) is 11.7. The fourth-order valence-electron chi connectivity index (χ4n) is 3.60. The first-order chi connectivity index (χ1) is 14.1. The molecule has 2 atom stereocenters. The monoisotopic (exact) mass is 406 g/mol. The van der Waals surface area contributed by atoms with Crippen LogP contribution in [0.5, 0.6) is 0 Å². The van der Waals surface area contributed by atoms with Crippen LogP contribution in [0.1, 0.15) is 102 Å². The van der Waals surface area contributed by atoms with E-state index in [2.05, 4.69) is 6.92 Å². The van der Waals surface area contributed by atoms with Gasteiger partial charge in [0.05, 0.1) is 12.7 Å². The van der Waals surface area contributed by atoms with Gasteiger partial charge in [-0.15, -0.1) is 0 Å². The molecule has 0 aromatic heterocycles. The highest BCUT2D eigenvalue weighted by Crippen LogP contribution is 2.18. The van der Waals surface area contributed by atoms with Crippen molar-refractivity contribution in [1.82, 2.24) is 0 Å². The molecule has 0 heterocycles. The Morgan fingerprint density at radius 3 is 1.93 bits per heavy atom. The lowest BCUT2D eigenvalue weighted by atomic mass is 10.0. The van der Waals surface area contributed by atoms with Crippen molar-refractivity contribution in [3.05, 3.63) is 35.9 Å². The summed E-state index contributed by atoms with van der Waals surface area (Å²) in [4.78, 5) is 10.9. The van der Waals surface area contributed by atoms with E-state index in [1.165, 1.54) is 64.2 Å². The molecule has 0 fully saturated rings. The number of unbranched alkanes of at least 4 members (excludes halogenated alkanes) is 10. The van der Waals surface area contributed by atoms with Crippen LogP contribution in [-0.4, -0.2) is 28.4 Å². The number of hydrogen-bond donors (Lipinski definition) is 2. The molecule has 2 N–H and O–H groups in total. The Morgan fingerprint density at radius 2 is 1.38 bits per heavy atom. The van der Waals surface area contributed by atoms with E-state index in [-0.39, 0.29) is 12.5 Å². The molecule has 29 heavy (non-hydrogen) atoms. The SMILES string of the molecule is CCCCCCCCCCCCCC(CCC(O)C(=O)O)OCc1ccccc1. The minimum atomic E-state index is -1.30. The first kappa shape index (κ1) is 25.6. The van der Waals surface area contributed by atoms with Crippen LogP contribution in [0.2, 0.25) is 0 Å². The van der Waals surface area contributed by atoms with Gasteiger partial charge >= 0.3 is 5.97 Å². The van der Waals surface area contributed by atoms with Crippen LogP contribution in [0, 0.1) is 0 Å². The Morgan fingerprint density at radius 1 is 0.828 bits per heavy atom. The Kier molecular flexibility index (Phi) is 15.4. The zero-order valence-electron chi connectivity index (χ0n) is 18.4. The summed E-state index contributed by atoms with van der Waals surface area (Å²) in [7, 11) is 0. The molecule has 4 nitrogen and oxygen atoms in total. The molecule has 0 aliphatic rings. The van der Waals surface area contributed by atoms with Crippen LogP contribution in [0.25, 0.3) is 0 Å². The van der Waals surface area contributed by atoms with Crippen LogP contribution >= 0.6 is 0 Å². The molecule has 0 saturated carbocycles. The number of carboxylic acid groups (broad SMARTS) is 1. The average Bonchev–Trinajstić information content (AvgIpc) is 2.73. The molecule has 0 spiro atoms. The number of hydrogen-bond acceptors (Lipinski definition) is 3. The number of carboxylic acids is 1. The normalized spacial score (nSPS) is 13.3. The van der Waals surface area contributed by atoms with Crippen LogP contribution < -0.4 is 0 Å². The molecule has 0 bridgehead atoms. The summed E-state index contributed by atoms with van der Waals surface area (Å²) in [5, 5.41) is 18.5. The second-order valence-corrected chi connectivity index (χ2v) is 8.17. The number of benzene rings is 1. The van der Waals surface area contributed by atoms with Gasteiger partial charge in [-0.05, 0) is 24.8 Å². The minimum absolute atomic E-state index is 0.00257. The number of aliphatic hydroxyl groups excluding tert-OH is 1. The highest BCUT2D eigenvalue weighted by Gasteiger charge is 2.17. The summed E-state index contributed by atoms with van der Waals surface area (Å²) in [5.74, 6) is -1.15. The number of ether oxygens (including phenoxy) is 1. The van der Waals surface area contributed by atoms with Gasteiger partial charge in [-0.3, -0.25) is 0 Å². The quantitative estimate of drug-likeness (QED) is 0.257. The largest absolute Gasteiger partial charge is 0.479 e. The van der Waals surface area contributed by atoms with Gasteiger partial charge in [-0.25, -0.2) is 4.79 Å². The summed E-state index contributed by atoms with van der Waals surface area (Å²) in [6.45, 7) is 2.79. The maximum absolute atomic E-state index is 10.9. The van der Waals surface area contributed by atoms with Gasteiger partial charge in [0.15, 0.2) is 6.10 Å². The van der Waals surface area contributed by atoms with Gasteiger partial charge in [0.25, 0.3) is 0 Å². The fourth-order valence-corrected chi connectivity index (χ4v) is 3.60. The number of rotatable bonds is 19. The van der Waals surface area contributed by atoms with Crippen molar-refractivity contribution >= 4 is 5.97 Å². The van der Waals surface area contributed by atoms with E-state index in [1.54, 1.807) is 0 Å². The van der Waals surface area contributed by atoms with Crippen molar-refractivity contribution in [2.45, 2.75) is 116 Å². The zero-order chi connectivity index (χ0) is 21.2. The fraction of sp³-hybridized carbons (Fsp3) is 0.720. The minimum Gasteiger partial charge on any atom is -0.479 e. The molecule has 0 amide bonds. The predicted molar refractivity (Wildman–Crippen MR) is 119 cm³/mol. The number of aliphatic carboxylic acids is 1. The van der Waals surface area contributed by atoms with Gasteiger partial charge in [-0.2, -0.15) is 0 Å². The topological polar surface area (TPSA) is 66.8 Å². The van der Waals surface area contributed by atoms with Gasteiger partial charge in [0.2, 0.25) is 0 Å². The third kappa shape index (κ3) is 14.3. The van der Waals surface area contributed by atoms with Crippen LogP contribution in [0.3, 0.4) is 0 Å². The highest BCUT2D eigenvalue weighted by molar-refractivity contribution is 5.71. The van der Waals surface area contributed by atoms with E-state index >= 15 is 0 Å². The van der Waals surface area contributed by atoms with Crippen LogP contribution in [0.4, 0.5) is 0 Å². The summed E-state index contributed by atoms with van der Waals surface area (Å²) in [5.41, 5.74) is 1.12. The second kappa shape index (κ2) is 17.5. The first-order valence-corrected chi connectivity index (χ1v) is 11.7. The second-order valence-electron chi connectivity index (χ2n) is 8.17. The smallest absolute Gasteiger partial charge is 0.332 e. The molecule has 0 radical (unpaired) electrons. The lowest BCUT2D eigenvalue weighted by molar-refractivity contribution is -0.147. The van der Waals surface area contributed by atoms with Crippen LogP contribution in [-0.2, 0) is 16.1 Å². The van der Waals surface area contributed by atoms with Crippen molar-refractivity contribution in [1.29, 1.82) is 0 Å². The number of aliphatic hydroxyl groups is 1. The van der Waals surface area contributed by atoms with Crippen LogP contribution in [0.15, 0.2) is 30.3 Å². The summed E-state index contributed by atoms with van der Waals surface area (Å²) >= 11 is 0. The van der Waals surface area contributed by atoms with Crippen molar-refractivity contribution < 1.29 is 19.7 Å². The Balaban J connectivity index is 2.18. The lowest BCUT2D eigenvalue weighted by Crippen LogP contribution is -2.23. The standard InChI is InChI=1S/C25H42O4/c1-2-3-4-5-6-7-8-9-10-11-15-18-23(19-20-24(26)25(27)28)29-21-22-16-13-12-14-17-22/h12-14,16-17,23-24,26H,2-11,15,18-21H2,1H3,(H,27,28). The van der Waals surface area contributed by atoms with E-state index in [0.29, 0.717) is 13.0 Å². The Bertz CT molecular complexity index is 503. The van der Waals surface area contributed by atoms with Crippen molar-refractivity contribution in [2.24, 2.45) is 0 Å². The van der Waals surface area contributed by atoms with Gasteiger partial charge in [0.1, 0.15) is 0 Å². The van der Waals surface area contributed by atoms with Crippen molar-refractivity contribution in [3.8, 4) is 0 Å². The molecule has 0 aliphatic heterocycles. The molecule has 1 aromatic carbocycles. The molecule has 0 aliphatic carbocycles. The van der Waals surface area contributed by atoms with E-state index in [0.717, 1.165) is 18.4 Å². The zero-order valence-corrected chi connectivity index (χ0v) is 18.4. The predicted octanol–water partition coefficient (Wildman–Crippen LogP) is 6.50. The van der Waals surface area contributed by atoms with Gasteiger partial charge < -0.3 is 14.9 Å². The van der Waals surface area contributed by atoms with E-state index in [9.17, 15) is 9.90 Å². The Hall–Kier alpha value is -1.39. The molecule has 2 unspecified atom stereocenters. The summed E-state index contributed by atoms with van der Waals surface area (Å²) < 4.78 is 6.05. The van der Waals surface area contributed by atoms with Crippen molar-refractivity contribution in [3.63, 3.8) is 0 Å². The van der Waals surface area contributed by atoms with E-state index in [1.807, 2.05) is 30.3 Å². The summed E-state index contributed by atoms with van der Waals surface area (Å²) in [6, 6.07) is 10.0. The molecule has 0 saturated heterocycles. The summed E-state index contributed by atoms with van der Waals surface area (Å²) in [6.07, 6.45) is 14.8. The lowest BCUT2D eigenvalue weighted by Gasteiger charge is -2.19. The van der Waals surface area contributed by atoms with Gasteiger partial charge in [0, 0.05) is 0 Å². The average molecular weight is 407 g/mol. The maximum Gasteiger partial charge on any atom is 0.332 e. The molecule has 166 valence electrons. The number of carbonyl (C=O) groups is 1. The molecular weight excluding hydrogens is 364 g/mol. The van der Waals surface area contributed by atoms with E-state index in [4.69, 9.17) is 9.84 Å².